The predicted octanol–water partition coefficient (Wildman–Crippen LogP) is 4.21. The van der Waals surface area contributed by atoms with Gasteiger partial charge in [-0.25, -0.2) is 0 Å². The van der Waals surface area contributed by atoms with Gasteiger partial charge < -0.3 is 5.11 Å². The molecule has 1 aromatic rings. The number of aromatic hydroxyl groups is 1. The Bertz CT molecular complexity index is 310. The van der Waals surface area contributed by atoms with Crippen LogP contribution in [0.15, 0.2) is 12.1 Å². The van der Waals surface area contributed by atoms with E-state index in [1.165, 1.54) is 6.07 Å². The fourth-order valence-electron chi connectivity index (χ4n) is 1.15. The van der Waals surface area contributed by atoms with E-state index in [4.69, 9.17) is 23.2 Å². The normalized spacial score (nSPS) is 12.9. The highest BCUT2D eigenvalue weighted by atomic mass is 35.5. The zero-order valence-corrected chi connectivity index (χ0v) is 9.15. The molecule has 13 heavy (non-hydrogen) atoms. The summed E-state index contributed by atoms with van der Waals surface area (Å²) in [7, 11) is 0. The van der Waals surface area contributed by atoms with Gasteiger partial charge >= 0.3 is 0 Å². The highest BCUT2D eigenvalue weighted by Crippen LogP contribution is 2.34. The highest BCUT2D eigenvalue weighted by Gasteiger charge is 2.10. The van der Waals surface area contributed by atoms with Gasteiger partial charge in [-0.15, -0.1) is 0 Å². The summed E-state index contributed by atoms with van der Waals surface area (Å²) in [5.41, 5.74) is 0.993. The molecule has 0 spiro atoms. The largest absolute Gasteiger partial charge is 0.506 e. The fraction of sp³-hybridized carbons (Fsp3) is 0.400. The third-order valence-electron chi connectivity index (χ3n) is 2.21. The van der Waals surface area contributed by atoms with Crippen LogP contribution in [-0.2, 0) is 0 Å². The lowest BCUT2D eigenvalue weighted by Gasteiger charge is -2.12. The van der Waals surface area contributed by atoms with E-state index in [2.05, 4.69) is 13.8 Å². The van der Waals surface area contributed by atoms with Crippen molar-refractivity contribution in [2.45, 2.75) is 26.2 Å². The summed E-state index contributed by atoms with van der Waals surface area (Å²) in [6, 6.07) is 3.22. The minimum Gasteiger partial charge on any atom is -0.506 e. The van der Waals surface area contributed by atoms with E-state index < -0.39 is 0 Å². The molecule has 0 amide bonds. The first kappa shape index (κ1) is 10.7. The molecule has 0 bridgehead atoms. The second kappa shape index (κ2) is 4.21. The first-order valence-electron chi connectivity index (χ1n) is 4.24. The second-order valence-electron chi connectivity index (χ2n) is 3.13. The fourth-order valence-corrected chi connectivity index (χ4v) is 1.67. The number of halogens is 2. The molecule has 0 fully saturated rings. The molecule has 0 aromatic heterocycles. The molecule has 72 valence electrons. The number of benzene rings is 1. The third kappa shape index (κ3) is 2.29. The second-order valence-corrected chi connectivity index (χ2v) is 3.95. The molecule has 1 nitrogen and oxygen atoms in total. The topological polar surface area (TPSA) is 20.2 Å². The zero-order valence-electron chi connectivity index (χ0n) is 7.64. The van der Waals surface area contributed by atoms with Gasteiger partial charge in [-0.2, -0.15) is 0 Å². The highest BCUT2D eigenvalue weighted by molar-refractivity contribution is 6.34. The summed E-state index contributed by atoms with van der Waals surface area (Å²) in [5.74, 6) is 0.407. The standard InChI is InChI=1S/C10H12Cl2O/c1-3-6(2)7-4-9(12)10(13)5-8(7)11/h4-6,13H,3H2,1-2H3. The summed E-state index contributed by atoms with van der Waals surface area (Å²) in [5, 5.41) is 10.2. The van der Waals surface area contributed by atoms with Crippen LogP contribution in [0.4, 0.5) is 0 Å². The maximum absolute atomic E-state index is 9.26. The number of hydrogen-bond donors (Lipinski definition) is 1. The predicted molar refractivity (Wildman–Crippen MR) is 56.8 cm³/mol. The molecule has 0 aliphatic rings. The van der Waals surface area contributed by atoms with E-state index in [1.807, 2.05) is 0 Å². The number of rotatable bonds is 2. The first-order valence-corrected chi connectivity index (χ1v) is 4.99. The van der Waals surface area contributed by atoms with E-state index in [9.17, 15) is 5.11 Å². The first-order chi connectivity index (χ1) is 6.06. The van der Waals surface area contributed by atoms with Crippen molar-refractivity contribution >= 4 is 23.2 Å². The van der Waals surface area contributed by atoms with Crippen molar-refractivity contribution < 1.29 is 5.11 Å². The van der Waals surface area contributed by atoms with Crippen molar-refractivity contribution in [2.24, 2.45) is 0 Å². The zero-order chi connectivity index (χ0) is 10.0. The van der Waals surface area contributed by atoms with Crippen molar-refractivity contribution in [3.63, 3.8) is 0 Å². The van der Waals surface area contributed by atoms with Crippen molar-refractivity contribution in [2.75, 3.05) is 0 Å². The van der Waals surface area contributed by atoms with E-state index >= 15 is 0 Å². The van der Waals surface area contributed by atoms with Crippen molar-refractivity contribution in [3.8, 4) is 5.75 Å². The summed E-state index contributed by atoms with van der Waals surface area (Å²) in [4.78, 5) is 0. The van der Waals surface area contributed by atoms with Crippen molar-refractivity contribution in [1.82, 2.24) is 0 Å². The van der Waals surface area contributed by atoms with Crippen molar-refractivity contribution in [3.05, 3.63) is 27.7 Å². The molecule has 1 aromatic carbocycles. The molecule has 0 aliphatic carbocycles. The lowest BCUT2D eigenvalue weighted by molar-refractivity contribution is 0.475. The Balaban J connectivity index is 3.15. The van der Waals surface area contributed by atoms with Gasteiger partial charge in [0.05, 0.1) is 5.02 Å². The van der Waals surface area contributed by atoms with Gasteiger partial charge in [-0.1, -0.05) is 37.0 Å². The minimum absolute atomic E-state index is 0.0405. The molecule has 1 unspecified atom stereocenters. The smallest absolute Gasteiger partial charge is 0.135 e. The van der Waals surface area contributed by atoms with Crippen LogP contribution in [0.25, 0.3) is 0 Å². The maximum atomic E-state index is 9.26. The van der Waals surface area contributed by atoms with Crippen molar-refractivity contribution in [1.29, 1.82) is 0 Å². The molecule has 0 saturated heterocycles. The number of hydrogen-bond acceptors (Lipinski definition) is 1. The molecule has 1 N–H and O–H groups in total. The van der Waals surface area contributed by atoms with Gasteiger partial charge in [-0.3, -0.25) is 0 Å². The molecule has 0 heterocycles. The lowest BCUT2D eigenvalue weighted by Crippen LogP contribution is -1.92. The Hall–Kier alpha value is -0.400. The Labute approximate surface area is 88.3 Å². The van der Waals surface area contributed by atoms with Crippen LogP contribution in [0.2, 0.25) is 10.0 Å². The average Bonchev–Trinajstić information content (AvgIpc) is 2.10. The molecule has 3 heteroatoms. The Morgan fingerprint density at radius 2 is 1.92 bits per heavy atom. The van der Waals surface area contributed by atoms with Gasteiger partial charge in [0.2, 0.25) is 0 Å². The summed E-state index contributed by atoms with van der Waals surface area (Å²) in [6.07, 6.45) is 1.00. The molecular formula is C10H12Cl2O. The maximum Gasteiger partial charge on any atom is 0.135 e. The summed E-state index contributed by atoms with van der Waals surface area (Å²) < 4.78 is 0. The van der Waals surface area contributed by atoms with Crippen LogP contribution >= 0.6 is 23.2 Å². The third-order valence-corrected chi connectivity index (χ3v) is 2.84. The summed E-state index contributed by atoms with van der Waals surface area (Å²) >= 11 is 11.7. The summed E-state index contributed by atoms with van der Waals surface area (Å²) in [6.45, 7) is 4.16. The Kier molecular flexibility index (Phi) is 3.46. The van der Waals surface area contributed by atoms with Gasteiger partial charge in [0.25, 0.3) is 0 Å². The van der Waals surface area contributed by atoms with Gasteiger partial charge in [0, 0.05) is 11.1 Å². The minimum atomic E-state index is 0.0405. The van der Waals surface area contributed by atoms with E-state index in [0.717, 1.165) is 12.0 Å². The van der Waals surface area contributed by atoms with Crippen LogP contribution < -0.4 is 0 Å². The Morgan fingerprint density at radius 1 is 1.31 bits per heavy atom. The van der Waals surface area contributed by atoms with Gasteiger partial charge in [0.15, 0.2) is 0 Å². The molecule has 0 saturated carbocycles. The van der Waals surface area contributed by atoms with E-state index in [-0.39, 0.29) is 5.75 Å². The molecular weight excluding hydrogens is 207 g/mol. The molecule has 1 atom stereocenters. The monoisotopic (exact) mass is 218 g/mol. The number of phenols is 1. The average molecular weight is 219 g/mol. The number of phenolic OH excluding ortho intramolecular Hbond substituents is 1. The van der Waals surface area contributed by atoms with Crippen LogP contribution in [0.5, 0.6) is 5.75 Å². The van der Waals surface area contributed by atoms with Crippen LogP contribution in [0.1, 0.15) is 31.7 Å². The SMILES string of the molecule is CCC(C)c1cc(Cl)c(O)cc1Cl. The van der Waals surface area contributed by atoms with Crippen LogP contribution in [0, 0.1) is 0 Å². The van der Waals surface area contributed by atoms with E-state index in [1.54, 1.807) is 6.07 Å². The lowest BCUT2D eigenvalue weighted by atomic mass is 9.98. The quantitative estimate of drug-likeness (QED) is 0.789. The van der Waals surface area contributed by atoms with Gasteiger partial charge in [0.1, 0.15) is 5.75 Å². The van der Waals surface area contributed by atoms with E-state index in [0.29, 0.717) is 16.0 Å². The van der Waals surface area contributed by atoms with Crippen LogP contribution in [-0.4, -0.2) is 5.11 Å². The molecule has 0 aliphatic heterocycles. The van der Waals surface area contributed by atoms with Crippen LogP contribution in [0.3, 0.4) is 0 Å². The molecule has 0 radical (unpaired) electrons. The Morgan fingerprint density at radius 3 is 2.46 bits per heavy atom. The molecule has 1 rings (SSSR count). The van der Waals surface area contributed by atoms with Gasteiger partial charge in [-0.05, 0) is 24.0 Å².